The maximum Gasteiger partial charge on any atom is 0.312 e. The molecule has 1 unspecified atom stereocenters. The summed E-state index contributed by atoms with van der Waals surface area (Å²) >= 11 is 0.670. The Labute approximate surface area is 127 Å². The van der Waals surface area contributed by atoms with Crippen molar-refractivity contribution in [3.8, 4) is 5.75 Å². The van der Waals surface area contributed by atoms with Gasteiger partial charge in [0.1, 0.15) is 11.0 Å². The maximum absolute atomic E-state index is 11.7. The summed E-state index contributed by atoms with van der Waals surface area (Å²) in [5, 5.41) is 11.2. The van der Waals surface area contributed by atoms with Crippen LogP contribution in [0.5, 0.6) is 5.75 Å². The van der Waals surface area contributed by atoms with E-state index in [2.05, 4.69) is 0 Å². The molecule has 1 aliphatic rings. The van der Waals surface area contributed by atoms with Crippen molar-refractivity contribution in [3.05, 3.63) is 33.9 Å². The van der Waals surface area contributed by atoms with Crippen molar-refractivity contribution in [2.75, 3.05) is 0 Å². The zero-order valence-electron chi connectivity index (χ0n) is 10.8. The lowest BCUT2D eigenvalue weighted by Gasteiger charge is -2.08. The first-order chi connectivity index (χ1) is 10.4. The predicted octanol–water partition coefficient (Wildman–Crippen LogP) is 1.05. The number of non-ortho nitro benzene ring substituents is 1. The molecule has 0 bridgehead atoms. The number of amides is 2. The van der Waals surface area contributed by atoms with Crippen molar-refractivity contribution in [1.82, 2.24) is 5.32 Å². The molecule has 0 aliphatic carbocycles. The second-order valence-corrected chi connectivity index (χ2v) is 5.33. The summed E-state index contributed by atoms with van der Waals surface area (Å²) in [6.45, 7) is 0. The van der Waals surface area contributed by atoms with Crippen molar-refractivity contribution in [3.63, 3.8) is 0 Å². The Balaban J connectivity index is 2.08. The van der Waals surface area contributed by atoms with Crippen LogP contribution in [0.1, 0.15) is 16.8 Å². The smallest absolute Gasteiger partial charge is 0.312 e. The molecule has 1 atom stereocenters. The van der Waals surface area contributed by atoms with Gasteiger partial charge >= 0.3 is 5.97 Å². The molecule has 1 heterocycles. The van der Waals surface area contributed by atoms with E-state index in [1.54, 1.807) is 0 Å². The average molecular weight is 324 g/mol. The summed E-state index contributed by atoms with van der Waals surface area (Å²) in [6, 6.07) is 3.17. The fourth-order valence-corrected chi connectivity index (χ4v) is 2.48. The molecule has 1 fully saturated rings. The summed E-state index contributed by atoms with van der Waals surface area (Å²) in [7, 11) is 0. The van der Waals surface area contributed by atoms with Gasteiger partial charge in [-0.15, -0.1) is 0 Å². The highest BCUT2D eigenvalue weighted by atomic mass is 32.2. The van der Waals surface area contributed by atoms with Crippen LogP contribution in [0.4, 0.5) is 10.5 Å². The minimum atomic E-state index is -0.891. The number of nitro groups is 1. The van der Waals surface area contributed by atoms with E-state index in [0.29, 0.717) is 18.0 Å². The van der Waals surface area contributed by atoms with Crippen molar-refractivity contribution in [2.45, 2.75) is 11.7 Å². The molecule has 2 amide bonds. The molecule has 1 aromatic carbocycles. The molecule has 1 aromatic rings. The van der Waals surface area contributed by atoms with Crippen molar-refractivity contribution < 1.29 is 28.8 Å². The Hall–Kier alpha value is -2.75. The first-order valence-electron chi connectivity index (χ1n) is 5.86. The van der Waals surface area contributed by atoms with Gasteiger partial charge in [0.05, 0.1) is 16.9 Å². The number of nitro benzene ring substituents is 1. The van der Waals surface area contributed by atoms with Gasteiger partial charge in [0, 0.05) is 12.1 Å². The Morgan fingerprint density at radius 2 is 2.18 bits per heavy atom. The first kappa shape index (κ1) is 15.6. The second-order valence-electron chi connectivity index (χ2n) is 4.16. The number of hydrogen-bond donors (Lipinski definition) is 1. The lowest BCUT2D eigenvalue weighted by Crippen LogP contribution is -2.27. The topological polar surface area (TPSA) is 133 Å². The molecule has 10 heteroatoms. The Bertz CT molecular complexity index is 688. The van der Waals surface area contributed by atoms with Gasteiger partial charge in [0.25, 0.3) is 10.9 Å². The number of benzene rings is 1. The summed E-state index contributed by atoms with van der Waals surface area (Å²) < 4.78 is 4.92. The summed E-state index contributed by atoms with van der Waals surface area (Å²) in [5.74, 6) is -1.58. The molecule has 1 saturated heterocycles. The molecule has 0 saturated carbocycles. The van der Waals surface area contributed by atoms with Crippen LogP contribution < -0.4 is 10.1 Å². The predicted molar refractivity (Wildman–Crippen MR) is 73.7 cm³/mol. The Morgan fingerprint density at radius 1 is 1.45 bits per heavy atom. The number of nitrogens with one attached hydrogen (secondary N) is 1. The molecular weight excluding hydrogens is 316 g/mol. The van der Waals surface area contributed by atoms with E-state index in [-0.39, 0.29) is 23.4 Å². The molecule has 2 rings (SSSR count). The van der Waals surface area contributed by atoms with Gasteiger partial charge in [0.2, 0.25) is 5.91 Å². The highest BCUT2D eigenvalue weighted by molar-refractivity contribution is 8.15. The lowest BCUT2D eigenvalue weighted by atomic mass is 10.2. The normalized spacial score (nSPS) is 17.0. The summed E-state index contributed by atoms with van der Waals surface area (Å²) in [5.41, 5.74) is -0.486. The molecule has 114 valence electrons. The number of aldehydes is 1. The number of rotatable bonds is 5. The summed E-state index contributed by atoms with van der Waals surface area (Å²) in [4.78, 5) is 54.8. The van der Waals surface area contributed by atoms with Gasteiger partial charge < -0.3 is 4.74 Å². The number of ether oxygens (including phenoxy) is 1. The Morgan fingerprint density at radius 3 is 2.73 bits per heavy atom. The third-order valence-corrected chi connectivity index (χ3v) is 3.66. The number of esters is 1. The van der Waals surface area contributed by atoms with Crippen molar-refractivity contribution in [1.29, 1.82) is 0 Å². The SMILES string of the molecule is O=Cc1cc([N+](=O)[O-])ccc1OC(=O)CC1SC(=O)NC1=O. The van der Waals surface area contributed by atoms with Gasteiger partial charge in [0.15, 0.2) is 6.29 Å². The van der Waals surface area contributed by atoms with Crippen LogP contribution in [0, 0.1) is 10.1 Å². The fraction of sp³-hybridized carbons (Fsp3) is 0.167. The van der Waals surface area contributed by atoms with Crippen molar-refractivity contribution >= 4 is 40.9 Å². The summed E-state index contributed by atoms with van der Waals surface area (Å²) in [6.07, 6.45) is -0.0479. The molecule has 0 aromatic heterocycles. The number of imide groups is 1. The van der Waals surface area contributed by atoms with E-state index in [9.17, 15) is 29.3 Å². The van der Waals surface area contributed by atoms with E-state index >= 15 is 0 Å². The molecular formula is C12H8N2O7S. The van der Waals surface area contributed by atoms with Crippen LogP contribution in [0.25, 0.3) is 0 Å². The quantitative estimate of drug-likeness (QED) is 0.279. The number of thioether (sulfide) groups is 1. The molecule has 0 spiro atoms. The standard InChI is InChI=1S/C12H8N2O7S/c15-5-6-3-7(14(19)20)1-2-8(6)21-10(16)4-9-11(17)13-12(18)22-9/h1-3,5,9H,4H2,(H,13,17,18). The number of nitrogens with zero attached hydrogens (tertiary/aromatic N) is 1. The lowest BCUT2D eigenvalue weighted by molar-refractivity contribution is -0.384. The molecule has 1 N–H and O–H groups in total. The monoisotopic (exact) mass is 324 g/mol. The van der Waals surface area contributed by atoms with Crippen LogP contribution >= 0.6 is 11.8 Å². The van der Waals surface area contributed by atoms with E-state index in [1.807, 2.05) is 5.32 Å². The zero-order chi connectivity index (χ0) is 16.3. The van der Waals surface area contributed by atoms with Crippen LogP contribution in [0.2, 0.25) is 0 Å². The number of hydrogen-bond acceptors (Lipinski definition) is 8. The van der Waals surface area contributed by atoms with Crippen LogP contribution in [0.3, 0.4) is 0 Å². The fourth-order valence-electron chi connectivity index (χ4n) is 1.68. The van der Waals surface area contributed by atoms with Crippen LogP contribution in [0.15, 0.2) is 18.2 Å². The van der Waals surface area contributed by atoms with Crippen LogP contribution in [-0.4, -0.2) is 33.6 Å². The van der Waals surface area contributed by atoms with Gasteiger partial charge in [-0.25, -0.2) is 0 Å². The number of carbonyl (C=O) groups excluding carboxylic acids is 4. The molecule has 1 aliphatic heterocycles. The molecule has 22 heavy (non-hydrogen) atoms. The highest BCUT2D eigenvalue weighted by Gasteiger charge is 2.34. The van der Waals surface area contributed by atoms with Crippen molar-refractivity contribution in [2.24, 2.45) is 0 Å². The minimum Gasteiger partial charge on any atom is -0.426 e. The third-order valence-electron chi connectivity index (χ3n) is 2.67. The first-order valence-corrected chi connectivity index (χ1v) is 6.74. The van der Waals surface area contributed by atoms with Crippen LogP contribution in [-0.2, 0) is 9.59 Å². The maximum atomic E-state index is 11.7. The van der Waals surface area contributed by atoms with Gasteiger partial charge in [-0.05, 0) is 6.07 Å². The Kier molecular flexibility index (Phi) is 4.51. The second kappa shape index (κ2) is 6.35. The van der Waals surface area contributed by atoms with Gasteiger partial charge in [-0.2, -0.15) is 0 Å². The van der Waals surface area contributed by atoms with Gasteiger partial charge in [-0.3, -0.25) is 34.6 Å². The minimum absolute atomic E-state index is 0.152. The van der Waals surface area contributed by atoms with E-state index < -0.39 is 27.3 Å². The zero-order valence-corrected chi connectivity index (χ0v) is 11.6. The molecule has 0 radical (unpaired) electrons. The largest absolute Gasteiger partial charge is 0.426 e. The van der Waals surface area contributed by atoms with Gasteiger partial charge in [-0.1, -0.05) is 11.8 Å². The highest BCUT2D eigenvalue weighted by Crippen LogP contribution is 2.25. The third kappa shape index (κ3) is 3.47. The number of carbonyl (C=O) groups is 4. The van der Waals surface area contributed by atoms with E-state index in [1.165, 1.54) is 0 Å². The molecule has 9 nitrogen and oxygen atoms in total. The van der Waals surface area contributed by atoms with E-state index in [4.69, 9.17) is 4.74 Å². The van der Waals surface area contributed by atoms with E-state index in [0.717, 1.165) is 18.2 Å². The average Bonchev–Trinajstić information content (AvgIpc) is 2.76.